The Bertz CT molecular complexity index is 791. The average molecular weight is 329 g/mol. The first-order valence-electron chi connectivity index (χ1n) is 7.41. The van der Waals surface area contributed by atoms with Gasteiger partial charge in [-0.3, -0.25) is 14.9 Å². The number of nitrogens with zero attached hydrogens (tertiary/aromatic N) is 1. The number of hydrogen-bond acceptors (Lipinski definition) is 5. The largest absolute Gasteiger partial charge is 0.444 e. The van der Waals surface area contributed by atoms with E-state index in [0.717, 1.165) is 11.8 Å². The molecular weight excluding hydrogens is 310 g/mol. The maximum atomic E-state index is 12.1. The lowest BCUT2D eigenvalue weighted by molar-refractivity contribution is 0.0635. The van der Waals surface area contributed by atoms with Crippen molar-refractivity contribution in [3.05, 3.63) is 58.3 Å². The number of aromatic nitrogens is 2. The van der Waals surface area contributed by atoms with Gasteiger partial charge in [0.15, 0.2) is 5.82 Å². The average Bonchev–Trinajstić information content (AvgIpc) is 2.48. The zero-order chi connectivity index (χ0) is 17.7. The van der Waals surface area contributed by atoms with Gasteiger partial charge in [0, 0.05) is 6.42 Å². The summed E-state index contributed by atoms with van der Waals surface area (Å²) >= 11 is 0. The molecule has 1 heterocycles. The second-order valence-electron chi connectivity index (χ2n) is 6.19. The number of carbonyl (C=O) groups excluding carboxylic acids is 2. The smallest absolute Gasteiger partial charge is 0.412 e. The van der Waals surface area contributed by atoms with Crippen LogP contribution in [0, 0.1) is 0 Å². The van der Waals surface area contributed by atoms with Gasteiger partial charge < -0.3 is 9.72 Å². The summed E-state index contributed by atoms with van der Waals surface area (Å²) in [7, 11) is 0. The first-order chi connectivity index (χ1) is 11.2. The summed E-state index contributed by atoms with van der Waals surface area (Å²) in [6, 6.07) is 9.13. The van der Waals surface area contributed by atoms with Gasteiger partial charge in [0.1, 0.15) is 11.3 Å². The van der Waals surface area contributed by atoms with Crippen molar-refractivity contribution in [2.75, 3.05) is 5.32 Å². The van der Waals surface area contributed by atoms with Crippen molar-refractivity contribution in [2.45, 2.75) is 32.8 Å². The van der Waals surface area contributed by atoms with E-state index in [1.807, 2.05) is 30.3 Å². The molecule has 0 spiro atoms. The van der Waals surface area contributed by atoms with Gasteiger partial charge in [-0.15, -0.1) is 0 Å². The maximum Gasteiger partial charge on any atom is 0.412 e. The monoisotopic (exact) mass is 329 g/mol. The summed E-state index contributed by atoms with van der Waals surface area (Å²) in [5.41, 5.74) is -0.565. The fourth-order valence-electron chi connectivity index (χ4n) is 1.90. The zero-order valence-corrected chi connectivity index (χ0v) is 13.8. The molecule has 2 N–H and O–H groups in total. The molecule has 7 heteroatoms. The first kappa shape index (κ1) is 17.4. The van der Waals surface area contributed by atoms with Crippen LogP contribution in [0.1, 0.15) is 37.0 Å². The minimum absolute atomic E-state index is 0.0569. The van der Waals surface area contributed by atoms with Crippen LogP contribution >= 0.6 is 0 Å². The van der Waals surface area contributed by atoms with E-state index in [9.17, 15) is 14.4 Å². The number of carbonyl (C=O) groups is 2. The molecule has 2 aromatic rings. The Hall–Kier alpha value is -2.96. The zero-order valence-electron chi connectivity index (χ0n) is 13.8. The summed E-state index contributed by atoms with van der Waals surface area (Å²) in [4.78, 5) is 42.1. The van der Waals surface area contributed by atoms with Crippen molar-refractivity contribution in [2.24, 2.45) is 0 Å². The van der Waals surface area contributed by atoms with Gasteiger partial charge in [-0.05, 0) is 26.3 Å². The van der Waals surface area contributed by atoms with Crippen LogP contribution in [-0.4, -0.2) is 27.4 Å². The van der Waals surface area contributed by atoms with Crippen molar-refractivity contribution < 1.29 is 14.3 Å². The Labute approximate surface area is 139 Å². The lowest BCUT2D eigenvalue weighted by Crippen LogP contribution is -2.29. The lowest BCUT2D eigenvalue weighted by Gasteiger charge is -2.19. The van der Waals surface area contributed by atoms with Crippen LogP contribution in [0.3, 0.4) is 0 Å². The molecule has 0 aliphatic rings. The molecule has 24 heavy (non-hydrogen) atoms. The topological polar surface area (TPSA) is 101 Å². The molecule has 0 aliphatic carbocycles. The van der Waals surface area contributed by atoms with E-state index in [1.165, 1.54) is 0 Å². The van der Waals surface area contributed by atoms with Gasteiger partial charge in [-0.25, -0.2) is 9.78 Å². The highest BCUT2D eigenvalue weighted by molar-refractivity contribution is 5.94. The number of Topliss-reactive ketones (excluding diaryl/α,β-unsaturated/α-hetero) is 1. The predicted octanol–water partition coefficient (Wildman–Crippen LogP) is 2.54. The molecule has 0 saturated heterocycles. The molecule has 0 bridgehead atoms. The summed E-state index contributed by atoms with van der Waals surface area (Å²) in [5.74, 6) is -0.374. The minimum Gasteiger partial charge on any atom is -0.444 e. The van der Waals surface area contributed by atoms with Gasteiger partial charge in [-0.1, -0.05) is 30.3 Å². The van der Waals surface area contributed by atoms with E-state index in [1.54, 1.807) is 20.8 Å². The van der Waals surface area contributed by atoms with E-state index < -0.39 is 17.3 Å². The second-order valence-corrected chi connectivity index (χ2v) is 6.19. The third kappa shape index (κ3) is 5.05. The molecule has 0 atom stereocenters. The van der Waals surface area contributed by atoms with E-state index in [-0.39, 0.29) is 23.7 Å². The lowest BCUT2D eigenvalue weighted by atomic mass is 10.1. The Morgan fingerprint density at radius 2 is 1.88 bits per heavy atom. The normalized spacial score (nSPS) is 11.0. The third-order valence-electron chi connectivity index (χ3n) is 2.91. The van der Waals surface area contributed by atoms with Gasteiger partial charge in [0.05, 0.1) is 6.20 Å². The third-order valence-corrected chi connectivity index (χ3v) is 2.91. The predicted molar refractivity (Wildman–Crippen MR) is 89.2 cm³/mol. The number of amides is 1. The Balaban J connectivity index is 2.08. The van der Waals surface area contributed by atoms with Crippen LogP contribution in [0.15, 0.2) is 41.3 Å². The van der Waals surface area contributed by atoms with Crippen LogP contribution in [0.25, 0.3) is 0 Å². The van der Waals surface area contributed by atoms with Crippen molar-refractivity contribution in [3.63, 3.8) is 0 Å². The number of ether oxygens (including phenoxy) is 1. The summed E-state index contributed by atoms with van der Waals surface area (Å²) in [6.07, 6.45) is 0.502. The van der Waals surface area contributed by atoms with Crippen molar-refractivity contribution in [1.29, 1.82) is 0 Å². The fraction of sp³-hybridized carbons (Fsp3) is 0.294. The number of benzene rings is 1. The highest BCUT2D eigenvalue weighted by atomic mass is 16.6. The van der Waals surface area contributed by atoms with Crippen molar-refractivity contribution >= 4 is 17.6 Å². The van der Waals surface area contributed by atoms with Crippen LogP contribution in [0.4, 0.5) is 10.5 Å². The van der Waals surface area contributed by atoms with Gasteiger partial charge in [-0.2, -0.15) is 0 Å². The summed E-state index contributed by atoms with van der Waals surface area (Å²) in [6.45, 7) is 5.13. The minimum atomic E-state index is -0.766. The molecular formula is C17H19N3O4. The van der Waals surface area contributed by atoms with Gasteiger partial charge in [0.2, 0.25) is 5.78 Å². The molecule has 2 rings (SSSR count). The standard InChI is InChI=1S/C17H19N3O4/c1-17(2,3)24-16(23)19-12-10-18-14(20-15(12)22)13(21)9-11-7-5-4-6-8-11/h4-8,10H,9H2,1-3H3,(H,19,23)(H,18,20,22). The highest BCUT2D eigenvalue weighted by Crippen LogP contribution is 2.09. The fourth-order valence-corrected chi connectivity index (χ4v) is 1.90. The van der Waals surface area contributed by atoms with Crippen LogP contribution in [-0.2, 0) is 11.2 Å². The van der Waals surface area contributed by atoms with Crippen molar-refractivity contribution in [1.82, 2.24) is 9.97 Å². The van der Waals surface area contributed by atoms with Gasteiger partial charge >= 0.3 is 6.09 Å². The summed E-state index contributed by atoms with van der Waals surface area (Å²) < 4.78 is 5.06. The first-order valence-corrected chi connectivity index (χ1v) is 7.41. The Morgan fingerprint density at radius 1 is 1.21 bits per heavy atom. The van der Waals surface area contributed by atoms with E-state index in [0.29, 0.717) is 0 Å². The molecule has 0 unspecified atom stereocenters. The van der Waals surface area contributed by atoms with Crippen LogP contribution in [0.2, 0.25) is 0 Å². The number of H-pyrrole nitrogens is 1. The summed E-state index contributed by atoms with van der Waals surface area (Å²) in [5, 5.41) is 2.30. The molecule has 7 nitrogen and oxygen atoms in total. The molecule has 0 saturated carbocycles. The molecule has 0 aliphatic heterocycles. The Morgan fingerprint density at radius 3 is 2.46 bits per heavy atom. The Kier molecular flexibility index (Phi) is 5.13. The van der Waals surface area contributed by atoms with Crippen LogP contribution < -0.4 is 10.9 Å². The number of hydrogen-bond donors (Lipinski definition) is 2. The number of ketones is 1. The molecule has 126 valence electrons. The molecule has 1 aromatic carbocycles. The quantitative estimate of drug-likeness (QED) is 0.839. The molecule has 0 fully saturated rings. The molecule has 1 aromatic heterocycles. The number of anilines is 1. The molecule has 0 radical (unpaired) electrons. The van der Waals surface area contributed by atoms with Gasteiger partial charge in [0.25, 0.3) is 5.56 Å². The number of rotatable bonds is 4. The van der Waals surface area contributed by atoms with Crippen LogP contribution in [0.5, 0.6) is 0 Å². The number of nitrogens with one attached hydrogen (secondary N) is 2. The highest BCUT2D eigenvalue weighted by Gasteiger charge is 2.18. The van der Waals surface area contributed by atoms with E-state index in [2.05, 4.69) is 15.3 Å². The molecule has 1 amide bonds. The maximum absolute atomic E-state index is 12.1. The van der Waals surface area contributed by atoms with Crippen molar-refractivity contribution in [3.8, 4) is 0 Å². The van der Waals surface area contributed by atoms with E-state index >= 15 is 0 Å². The van der Waals surface area contributed by atoms with E-state index in [4.69, 9.17) is 4.74 Å². The second kappa shape index (κ2) is 7.08. The number of aromatic amines is 1. The SMILES string of the molecule is CC(C)(C)OC(=O)Nc1cnc(C(=O)Cc2ccccc2)[nH]c1=O.